The molecule has 0 saturated carbocycles. The molecule has 0 aliphatic rings. The number of hydrogen-bond donors (Lipinski definition) is 1. The van der Waals surface area contributed by atoms with Crippen LogP contribution in [0.1, 0.15) is 11.3 Å². The molecule has 0 unspecified atom stereocenters. The quantitative estimate of drug-likeness (QED) is 0.765. The monoisotopic (exact) mass is 267 g/mol. The number of furan rings is 1. The first-order chi connectivity index (χ1) is 9.88. The molecule has 0 atom stereocenters. The zero-order valence-electron chi connectivity index (χ0n) is 11.4. The molecule has 2 aromatic carbocycles. The summed E-state index contributed by atoms with van der Waals surface area (Å²) in [7, 11) is 1.93. The van der Waals surface area contributed by atoms with Crippen molar-refractivity contribution < 1.29 is 9.15 Å². The highest BCUT2D eigenvalue weighted by molar-refractivity contribution is 5.82. The van der Waals surface area contributed by atoms with E-state index in [1.165, 1.54) is 5.56 Å². The Hall–Kier alpha value is -2.26. The molecule has 0 saturated heterocycles. The van der Waals surface area contributed by atoms with Crippen LogP contribution >= 0.6 is 0 Å². The number of rotatable bonds is 5. The predicted molar refractivity (Wildman–Crippen MR) is 79.8 cm³/mol. The molecule has 102 valence electrons. The van der Waals surface area contributed by atoms with E-state index in [0.717, 1.165) is 29.0 Å². The maximum absolute atomic E-state index is 5.91. The van der Waals surface area contributed by atoms with E-state index in [1.54, 1.807) is 0 Å². The van der Waals surface area contributed by atoms with Crippen molar-refractivity contribution >= 4 is 11.0 Å². The maximum atomic E-state index is 5.91. The Balaban J connectivity index is 1.88. The summed E-state index contributed by atoms with van der Waals surface area (Å²) in [6.45, 7) is 1.21. The summed E-state index contributed by atoms with van der Waals surface area (Å²) in [6, 6.07) is 17.9. The third-order valence-corrected chi connectivity index (χ3v) is 3.25. The molecular weight excluding hydrogens is 250 g/mol. The molecule has 0 spiro atoms. The molecule has 3 nitrogen and oxygen atoms in total. The fourth-order valence-electron chi connectivity index (χ4n) is 2.30. The van der Waals surface area contributed by atoms with E-state index in [2.05, 4.69) is 11.4 Å². The normalized spacial score (nSPS) is 10.8. The lowest BCUT2D eigenvalue weighted by Gasteiger charge is -2.06. The van der Waals surface area contributed by atoms with E-state index in [4.69, 9.17) is 9.15 Å². The Morgan fingerprint density at radius 1 is 1.00 bits per heavy atom. The van der Waals surface area contributed by atoms with Crippen LogP contribution in [0.5, 0.6) is 5.75 Å². The standard InChI is InChI=1S/C17H17NO2/c1-18-11-15-14-9-5-6-10-16(14)20-17(15)12-19-13-7-3-2-4-8-13/h2-10,18H,11-12H2,1H3. The van der Waals surface area contributed by atoms with Crippen LogP contribution in [0.4, 0.5) is 0 Å². The summed E-state index contributed by atoms with van der Waals surface area (Å²) in [5, 5.41) is 4.33. The summed E-state index contributed by atoms with van der Waals surface area (Å²) in [6.07, 6.45) is 0. The molecular formula is C17H17NO2. The average Bonchev–Trinajstić information content (AvgIpc) is 2.85. The van der Waals surface area contributed by atoms with Gasteiger partial charge in [-0.25, -0.2) is 0 Å². The van der Waals surface area contributed by atoms with Crippen LogP contribution in [-0.2, 0) is 13.2 Å². The Kier molecular flexibility index (Phi) is 3.70. The van der Waals surface area contributed by atoms with E-state index < -0.39 is 0 Å². The molecule has 1 heterocycles. The SMILES string of the molecule is CNCc1c(COc2ccccc2)oc2ccccc12. The van der Waals surface area contributed by atoms with Crippen molar-refractivity contribution in [3.05, 3.63) is 65.9 Å². The van der Waals surface area contributed by atoms with E-state index in [-0.39, 0.29) is 0 Å². The molecule has 0 bridgehead atoms. The first kappa shape index (κ1) is 12.8. The average molecular weight is 267 g/mol. The molecule has 3 heteroatoms. The summed E-state index contributed by atoms with van der Waals surface area (Å²) >= 11 is 0. The first-order valence-electron chi connectivity index (χ1n) is 6.70. The number of hydrogen-bond acceptors (Lipinski definition) is 3. The van der Waals surface area contributed by atoms with Crippen molar-refractivity contribution in [2.75, 3.05) is 7.05 Å². The molecule has 20 heavy (non-hydrogen) atoms. The highest BCUT2D eigenvalue weighted by Crippen LogP contribution is 2.26. The van der Waals surface area contributed by atoms with Gasteiger partial charge < -0.3 is 14.5 Å². The second-order valence-corrected chi connectivity index (χ2v) is 4.63. The minimum absolute atomic E-state index is 0.440. The third-order valence-electron chi connectivity index (χ3n) is 3.25. The molecule has 0 amide bonds. The van der Waals surface area contributed by atoms with Gasteiger partial charge in [-0.2, -0.15) is 0 Å². The minimum Gasteiger partial charge on any atom is -0.486 e. The largest absolute Gasteiger partial charge is 0.486 e. The molecule has 3 rings (SSSR count). The van der Waals surface area contributed by atoms with Crippen LogP contribution in [0.15, 0.2) is 59.0 Å². The maximum Gasteiger partial charge on any atom is 0.147 e. The zero-order valence-corrected chi connectivity index (χ0v) is 11.4. The Morgan fingerprint density at radius 3 is 2.55 bits per heavy atom. The highest BCUT2D eigenvalue weighted by Gasteiger charge is 2.13. The van der Waals surface area contributed by atoms with Crippen LogP contribution in [0, 0.1) is 0 Å². The second-order valence-electron chi connectivity index (χ2n) is 4.63. The van der Waals surface area contributed by atoms with Gasteiger partial charge in [-0.1, -0.05) is 36.4 Å². The Labute approximate surface area is 118 Å². The molecule has 3 aromatic rings. The molecule has 0 aliphatic carbocycles. The molecule has 0 radical (unpaired) electrons. The van der Waals surface area contributed by atoms with Gasteiger partial charge in [0.05, 0.1) is 0 Å². The fraction of sp³-hybridized carbons (Fsp3) is 0.176. The summed E-state index contributed by atoms with van der Waals surface area (Å²) in [5.74, 6) is 1.73. The summed E-state index contributed by atoms with van der Waals surface area (Å²) in [4.78, 5) is 0. The Bertz CT molecular complexity index is 689. The van der Waals surface area contributed by atoms with Crippen molar-refractivity contribution in [2.24, 2.45) is 0 Å². The van der Waals surface area contributed by atoms with Gasteiger partial charge >= 0.3 is 0 Å². The van der Waals surface area contributed by atoms with Gasteiger partial charge in [0.25, 0.3) is 0 Å². The number of nitrogens with one attached hydrogen (secondary N) is 1. The van der Waals surface area contributed by atoms with E-state index in [9.17, 15) is 0 Å². The Morgan fingerprint density at radius 2 is 1.75 bits per heavy atom. The van der Waals surface area contributed by atoms with Gasteiger partial charge in [0.2, 0.25) is 0 Å². The van der Waals surface area contributed by atoms with Crippen molar-refractivity contribution in [3.63, 3.8) is 0 Å². The van der Waals surface area contributed by atoms with Gasteiger partial charge in [0.15, 0.2) is 0 Å². The molecule has 1 aromatic heterocycles. The lowest BCUT2D eigenvalue weighted by Crippen LogP contribution is -2.07. The van der Waals surface area contributed by atoms with Crippen molar-refractivity contribution in [2.45, 2.75) is 13.2 Å². The van der Waals surface area contributed by atoms with Crippen molar-refractivity contribution in [3.8, 4) is 5.75 Å². The van der Waals surface area contributed by atoms with E-state index >= 15 is 0 Å². The van der Waals surface area contributed by atoms with Crippen LogP contribution in [0.25, 0.3) is 11.0 Å². The second kappa shape index (κ2) is 5.80. The van der Waals surface area contributed by atoms with E-state index in [1.807, 2.05) is 55.6 Å². The fourth-order valence-corrected chi connectivity index (χ4v) is 2.30. The first-order valence-corrected chi connectivity index (χ1v) is 6.70. The number of para-hydroxylation sites is 2. The van der Waals surface area contributed by atoms with Crippen LogP contribution in [0.3, 0.4) is 0 Å². The van der Waals surface area contributed by atoms with Crippen molar-refractivity contribution in [1.82, 2.24) is 5.32 Å². The van der Waals surface area contributed by atoms with Gasteiger partial charge in [0, 0.05) is 17.5 Å². The lowest BCUT2D eigenvalue weighted by atomic mass is 10.1. The van der Waals surface area contributed by atoms with Gasteiger partial charge in [-0.3, -0.25) is 0 Å². The number of fused-ring (bicyclic) bond motifs is 1. The molecule has 1 N–H and O–H groups in total. The number of ether oxygens (including phenoxy) is 1. The summed E-state index contributed by atoms with van der Waals surface area (Å²) < 4.78 is 11.7. The van der Waals surface area contributed by atoms with Crippen LogP contribution in [-0.4, -0.2) is 7.05 Å². The molecule has 0 aliphatic heterocycles. The highest BCUT2D eigenvalue weighted by atomic mass is 16.5. The smallest absolute Gasteiger partial charge is 0.147 e. The van der Waals surface area contributed by atoms with Gasteiger partial charge in [-0.15, -0.1) is 0 Å². The van der Waals surface area contributed by atoms with Gasteiger partial charge in [-0.05, 0) is 25.2 Å². The van der Waals surface area contributed by atoms with Crippen LogP contribution in [0.2, 0.25) is 0 Å². The lowest BCUT2D eigenvalue weighted by molar-refractivity contribution is 0.272. The third kappa shape index (κ3) is 2.53. The van der Waals surface area contributed by atoms with Crippen molar-refractivity contribution in [1.29, 1.82) is 0 Å². The predicted octanol–water partition coefficient (Wildman–Crippen LogP) is 3.73. The minimum atomic E-state index is 0.440. The molecule has 0 fully saturated rings. The van der Waals surface area contributed by atoms with E-state index in [0.29, 0.717) is 6.61 Å². The summed E-state index contributed by atoms with van der Waals surface area (Å²) in [5.41, 5.74) is 2.07. The zero-order chi connectivity index (χ0) is 13.8. The van der Waals surface area contributed by atoms with Gasteiger partial charge in [0.1, 0.15) is 23.7 Å². The topological polar surface area (TPSA) is 34.4 Å². The van der Waals surface area contributed by atoms with Crippen LogP contribution < -0.4 is 10.1 Å². The number of benzene rings is 2.